The molecule has 86 valence electrons. The topological polar surface area (TPSA) is 0 Å². The molecule has 0 heterocycles. The van der Waals surface area contributed by atoms with E-state index >= 15 is 0 Å². The molecule has 2 atom stereocenters. The monoisotopic (exact) mass is 206 g/mol. The summed E-state index contributed by atoms with van der Waals surface area (Å²) in [5, 5.41) is 0. The van der Waals surface area contributed by atoms with Crippen LogP contribution >= 0.6 is 0 Å². The van der Waals surface area contributed by atoms with Gasteiger partial charge in [0.2, 0.25) is 0 Å². The maximum atomic E-state index is 4.18. The molecule has 1 aliphatic carbocycles. The Hall–Kier alpha value is -0.520. The molecule has 15 heavy (non-hydrogen) atoms. The first-order valence-corrected chi connectivity index (χ1v) is 6.49. The number of unbranched alkanes of at least 4 members (excludes halogenated alkanes) is 3. The van der Waals surface area contributed by atoms with Gasteiger partial charge < -0.3 is 0 Å². The lowest BCUT2D eigenvalue weighted by Crippen LogP contribution is -2.19. The summed E-state index contributed by atoms with van der Waals surface area (Å²) in [5.74, 6) is 1.55. The second kappa shape index (κ2) is 6.15. The van der Waals surface area contributed by atoms with Crippen molar-refractivity contribution >= 4 is 0 Å². The average molecular weight is 206 g/mol. The molecular formula is C15H26. The Balaban J connectivity index is 2.32. The van der Waals surface area contributed by atoms with E-state index in [0.717, 1.165) is 18.3 Å². The molecule has 0 aromatic carbocycles. The molecule has 0 aromatic heterocycles. The van der Waals surface area contributed by atoms with Crippen molar-refractivity contribution < 1.29 is 0 Å². The van der Waals surface area contributed by atoms with Gasteiger partial charge in [0.15, 0.2) is 0 Å². The predicted octanol–water partition coefficient (Wildman–Crippen LogP) is 5.12. The van der Waals surface area contributed by atoms with Gasteiger partial charge in [-0.05, 0) is 31.1 Å². The highest BCUT2D eigenvalue weighted by molar-refractivity contribution is 5.18. The SMILES string of the molecule is C=C1CC(=C)[C@H](C)[C@@H](CCCCCC)C1. The van der Waals surface area contributed by atoms with E-state index in [0.29, 0.717) is 0 Å². The third kappa shape index (κ3) is 3.85. The molecule has 1 aliphatic rings. The second-order valence-corrected chi connectivity index (χ2v) is 5.19. The summed E-state index contributed by atoms with van der Waals surface area (Å²) in [6, 6.07) is 0. The van der Waals surface area contributed by atoms with E-state index in [9.17, 15) is 0 Å². The lowest BCUT2D eigenvalue weighted by Gasteiger charge is -2.32. The molecule has 0 nitrogen and oxygen atoms in total. The molecular weight excluding hydrogens is 180 g/mol. The van der Waals surface area contributed by atoms with E-state index in [1.54, 1.807) is 0 Å². The number of hydrogen-bond donors (Lipinski definition) is 0. The summed E-state index contributed by atoms with van der Waals surface area (Å²) in [7, 11) is 0. The van der Waals surface area contributed by atoms with Gasteiger partial charge in [-0.3, -0.25) is 0 Å². The molecule has 0 amide bonds. The fourth-order valence-electron chi connectivity index (χ4n) is 2.62. The van der Waals surface area contributed by atoms with E-state index in [1.165, 1.54) is 49.7 Å². The quantitative estimate of drug-likeness (QED) is 0.433. The van der Waals surface area contributed by atoms with Crippen LogP contribution in [0.3, 0.4) is 0 Å². The number of allylic oxidation sites excluding steroid dienone is 2. The van der Waals surface area contributed by atoms with Crippen molar-refractivity contribution in [2.45, 2.75) is 58.8 Å². The lowest BCUT2D eigenvalue weighted by atomic mass is 9.73. The summed E-state index contributed by atoms with van der Waals surface area (Å²) >= 11 is 0. The molecule has 0 aliphatic heterocycles. The maximum absolute atomic E-state index is 4.18. The standard InChI is InChI=1S/C15H26/c1-5-6-7-8-9-15-11-12(2)10-13(3)14(15)4/h14-15H,2-3,5-11H2,1,4H3/t14-,15-/m0/s1. The molecule has 0 aromatic rings. The third-order valence-electron chi connectivity index (χ3n) is 3.81. The van der Waals surface area contributed by atoms with Crippen LogP contribution in [0.1, 0.15) is 58.8 Å². The highest BCUT2D eigenvalue weighted by Gasteiger charge is 2.25. The van der Waals surface area contributed by atoms with Crippen molar-refractivity contribution in [1.82, 2.24) is 0 Å². The maximum Gasteiger partial charge on any atom is -0.0111 e. The Kier molecular flexibility index (Phi) is 5.14. The second-order valence-electron chi connectivity index (χ2n) is 5.19. The lowest BCUT2D eigenvalue weighted by molar-refractivity contribution is 0.332. The smallest absolute Gasteiger partial charge is 0.0111 e. The van der Waals surface area contributed by atoms with Gasteiger partial charge in [-0.1, -0.05) is 63.8 Å². The van der Waals surface area contributed by atoms with Crippen LogP contribution in [0.5, 0.6) is 0 Å². The van der Waals surface area contributed by atoms with Crippen LogP contribution in [0.15, 0.2) is 24.3 Å². The Morgan fingerprint density at radius 3 is 2.60 bits per heavy atom. The number of hydrogen-bond acceptors (Lipinski definition) is 0. The van der Waals surface area contributed by atoms with E-state index in [2.05, 4.69) is 27.0 Å². The van der Waals surface area contributed by atoms with E-state index < -0.39 is 0 Å². The highest BCUT2D eigenvalue weighted by Crippen LogP contribution is 2.38. The summed E-state index contributed by atoms with van der Waals surface area (Å²) in [5.41, 5.74) is 2.81. The third-order valence-corrected chi connectivity index (χ3v) is 3.81. The first-order chi connectivity index (χ1) is 7.15. The minimum atomic E-state index is 0.720. The highest BCUT2D eigenvalue weighted by atomic mass is 14.3. The molecule has 0 saturated heterocycles. The van der Waals surface area contributed by atoms with Gasteiger partial charge in [0.1, 0.15) is 0 Å². The molecule has 0 heteroatoms. The summed E-state index contributed by atoms with van der Waals surface area (Å²) < 4.78 is 0. The van der Waals surface area contributed by atoms with Gasteiger partial charge in [-0.25, -0.2) is 0 Å². The Bertz CT molecular complexity index is 224. The van der Waals surface area contributed by atoms with Crippen molar-refractivity contribution in [2.24, 2.45) is 11.8 Å². The summed E-state index contributed by atoms with van der Waals surface area (Å²) in [4.78, 5) is 0. The molecule has 0 bridgehead atoms. The molecule has 1 saturated carbocycles. The Morgan fingerprint density at radius 2 is 1.93 bits per heavy atom. The Labute approximate surface area is 95.5 Å². The zero-order chi connectivity index (χ0) is 11.3. The largest absolute Gasteiger partial charge is 0.0995 e. The van der Waals surface area contributed by atoms with Crippen LogP contribution in [-0.4, -0.2) is 0 Å². The van der Waals surface area contributed by atoms with Crippen LogP contribution in [-0.2, 0) is 0 Å². The van der Waals surface area contributed by atoms with Gasteiger partial charge in [0, 0.05) is 0 Å². The first kappa shape index (κ1) is 12.5. The fourth-order valence-corrected chi connectivity index (χ4v) is 2.62. The van der Waals surface area contributed by atoms with Gasteiger partial charge in [-0.15, -0.1) is 0 Å². The van der Waals surface area contributed by atoms with E-state index in [-0.39, 0.29) is 0 Å². The number of rotatable bonds is 5. The zero-order valence-electron chi connectivity index (χ0n) is 10.5. The molecule has 0 N–H and O–H groups in total. The normalized spacial score (nSPS) is 27.1. The van der Waals surface area contributed by atoms with Crippen LogP contribution in [0.2, 0.25) is 0 Å². The Morgan fingerprint density at radius 1 is 1.20 bits per heavy atom. The minimum absolute atomic E-state index is 0.720. The van der Waals surface area contributed by atoms with Crippen LogP contribution in [0, 0.1) is 11.8 Å². The summed E-state index contributed by atoms with van der Waals surface area (Å²) in [6.45, 7) is 12.9. The van der Waals surface area contributed by atoms with Crippen LogP contribution in [0.25, 0.3) is 0 Å². The van der Waals surface area contributed by atoms with Crippen molar-refractivity contribution in [2.75, 3.05) is 0 Å². The van der Waals surface area contributed by atoms with Gasteiger partial charge in [-0.2, -0.15) is 0 Å². The van der Waals surface area contributed by atoms with Gasteiger partial charge in [0.25, 0.3) is 0 Å². The molecule has 0 radical (unpaired) electrons. The first-order valence-electron chi connectivity index (χ1n) is 6.49. The van der Waals surface area contributed by atoms with E-state index in [1.807, 2.05) is 0 Å². The zero-order valence-corrected chi connectivity index (χ0v) is 10.5. The van der Waals surface area contributed by atoms with Crippen molar-refractivity contribution in [3.63, 3.8) is 0 Å². The molecule has 1 rings (SSSR count). The average Bonchev–Trinajstić information content (AvgIpc) is 2.19. The fraction of sp³-hybridized carbons (Fsp3) is 0.733. The minimum Gasteiger partial charge on any atom is -0.0995 e. The van der Waals surface area contributed by atoms with Crippen molar-refractivity contribution in [3.8, 4) is 0 Å². The molecule has 0 spiro atoms. The van der Waals surface area contributed by atoms with Crippen LogP contribution < -0.4 is 0 Å². The van der Waals surface area contributed by atoms with Crippen LogP contribution in [0.4, 0.5) is 0 Å². The predicted molar refractivity (Wildman–Crippen MR) is 68.9 cm³/mol. The van der Waals surface area contributed by atoms with Gasteiger partial charge in [0.05, 0.1) is 0 Å². The molecule has 0 unspecified atom stereocenters. The summed E-state index contributed by atoms with van der Waals surface area (Å²) in [6.07, 6.45) is 9.21. The molecule has 1 fully saturated rings. The van der Waals surface area contributed by atoms with Crippen molar-refractivity contribution in [1.29, 1.82) is 0 Å². The van der Waals surface area contributed by atoms with Gasteiger partial charge >= 0.3 is 0 Å². The van der Waals surface area contributed by atoms with E-state index in [4.69, 9.17) is 0 Å². The van der Waals surface area contributed by atoms with Crippen molar-refractivity contribution in [3.05, 3.63) is 24.3 Å².